The molecule has 7 heteroatoms. The second-order valence-corrected chi connectivity index (χ2v) is 6.88. The number of hydrogen-bond donors (Lipinski definition) is 1. The fraction of sp³-hybridized carbons (Fsp3) is 0.444. The molecule has 0 amide bonds. The van der Waals surface area contributed by atoms with E-state index < -0.39 is 23.1 Å². The predicted octanol–water partition coefficient (Wildman–Crippen LogP) is 4.51. The van der Waals surface area contributed by atoms with Crippen LogP contribution >= 0.6 is 0 Å². The molecule has 0 saturated heterocycles. The molecule has 0 saturated carbocycles. The monoisotopic (exact) mass is 354 g/mol. The van der Waals surface area contributed by atoms with Gasteiger partial charge >= 0.3 is 12.1 Å². The Balaban J connectivity index is 2.66. The third kappa shape index (κ3) is 3.86. The summed E-state index contributed by atoms with van der Waals surface area (Å²) in [6, 6.07) is 5.33. The maximum atomic E-state index is 13.3. The molecule has 2 aromatic rings. The van der Waals surface area contributed by atoms with Gasteiger partial charge in [0.05, 0.1) is 11.3 Å². The molecule has 136 valence electrons. The molecule has 0 spiro atoms. The number of imidazole rings is 1. The van der Waals surface area contributed by atoms with Crippen molar-refractivity contribution in [3.63, 3.8) is 0 Å². The average molecular weight is 354 g/mol. The summed E-state index contributed by atoms with van der Waals surface area (Å²) in [5.74, 6) is -0.719. The van der Waals surface area contributed by atoms with E-state index in [0.29, 0.717) is 17.9 Å². The fourth-order valence-electron chi connectivity index (χ4n) is 2.86. The maximum absolute atomic E-state index is 13.3. The highest BCUT2D eigenvalue weighted by Gasteiger charge is 2.34. The van der Waals surface area contributed by atoms with Gasteiger partial charge in [0.25, 0.3) is 0 Å². The molecule has 25 heavy (non-hydrogen) atoms. The lowest BCUT2D eigenvalue weighted by Crippen LogP contribution is -2.21. The third-order valence-electron chi connectivity index (χ3n) is 3.93. The molecule has 1 aromatic carbocycles. The number of carboxylic acid groups (broad SMARTS) is 1. The number of halogens is 3. The minimum Gasteiger partial charge on any atom is -0.476 e. The first kappa shape index (κ1) is 19.0. The number of hydrogen-bond acceptors (Lipinski definition) is 2. The molecule has 2 rings (SSSR count). The van der Waals surface area contributed by atoms with Crippen molar-refractivity contribution in [2.24, 2.45) is 0 Å². The van der Waals surface area contributed by atoms with Crippen LogP contribution in [0.15, 0.2) is 24.3 Å². The number of aromatic carboxylic acids is 1. The summed E-state index contributed by atoms with van der Waals surface area (Å²) < 4.78 is 41.5. The first-order chi connectivity index (χ1) is 11.5. The molecule has 0 fully saturated rings. The summed E-state index contributed by atoms with van der Waals surface area (Å²) in [6.45, 7) is 7.25. The molecule has 0 radical (unpaired) electrons. The van der Waals surface area contributed by atoms with E-state index in [-0.39, 0.29) is 17.8 Å². The van der Waals surface area contributed by atoms with Crippen LogP contribution in [0.1, 0.15) is 60.8 Å². The summed E-state index contributed by atoms with van der Waals surface area (Å²) >= 11 is 0. The maximum Gasteiger partial charge on any atom is 0.416 e. The standard InChI is InChI=1S/C18H21F3N2O2/c1-5-13-14(15(24)25)22-16(17(2,3)4)23(13)10-11-8-6-7-9-12(11)18(19,20)21/h6-9H,5,10H2,1-4H3,(H,24,25). The molecular formula is C18H21F3N2O2. The molecule has 1 N–H and O–H groups in total. The van der Waals surface area contributed by atoms with Crippen LogP contribution in [-0.2, 0) is 24.6 Å². The van der Waals surface area contributed by atoms with Crippen molar-refractivity contribution in [2.75, 3.05) is 0 Å². The van der Waals surface area contributed by atoms with E-state index >= 15 is 0 Å². The lowest BCUT2D eigenvalue weighted by atomic mass is 9.95. The van der Waals surface area contributed by atoms with E-state index in [2.05, 4.69) is 4.98 Å². The van der Waals surface area contributed by atoms with Crippen LogP contribution in [-0.4, -0.2) is 20.6 Å². The Morgan fingerprint density at radius 2 is 1.80 bits per heavy atom. The van der Waals surface area contributed by atoms with Crippen molar-refractivity contribution < 1.29 is 23.1 Å². The predicted molar refractivity (Wildman–Crippen MR) is 87.8 cm³/mol. The minimum absolute atomic E-state index is 0.0776. The number of carbonyl (C=O) groups is 1. The normalized spacial score (nSPS) is 12.4. The zero-order valence-electron chi connectivity index (χ0n) is 14.6. The van der Waals surface area contributed by atoms with Gasteiger partial charge in [-0.3, -0.25) is 0 Å². The average Bonchev–Trinajstić information content (AvgIpc) is 2.85. The Morgan fingerprint density at radius 3 is 2.28 bits per heavy atom. The molecule has 0 bridgehead atoms. The summed E-state index contributed by atoms with van der Waals surface area (Å²) in [6.07, 6.45) is -4.11. The SMILES string of the molecule is CCc1c(C(=O)O)nc(C(C)(C)C)n1Cc1ccccc1C(F)(F)F. The molecule has 1 heterocycles. The van der Waals surface area contributed by atoms with Gasteiger partial charge in [-0.05, 0) is 18.1 Å². The van der Waals surface area contributed by atoms with E-state index in [0.717, 1.165) is 6.07 Å². The van der Waals surface area contributed by atoms with Crippen molar-refractivity contribution in [1.29, 1.82) is 0 Å². The highest BCUT2D eigenvalue weighted by Crippen LogP contribution is 2.33. The molecule has 1 aromatic heterocycles. The lowest BCUT2D eigenvalue weighted by Gasteiger charge is -2.22. The van der Waals surface area contributed by atoms with Crippen molar-refractivity contribution >= 4 is 5.97 Å². The van der Waals surface area contributed by atoms with E-state index in [1.165, 1.54) is 12.1 Å². The van der Waals surface area contributed by atoms with E-state index in [4.69, 9.17) is 0 Å². The highest BCUT2D eigenvalue weighted by molar-refractivity contribution is 5.87. The first-order valence-electron chi connectivity index (χ1n) is 7.95. The summed E-state index contributed by atoms with van der Waals surface area (Å²) in [7, 11) is 0. The summed E-state index contributed by atoms with van der Waals surface area (Å²) in [4.78, 5) is 15.7. The van der Waals surface area contributed by atoms with Crippen molar-refractivity contribution in [3.05, 3.63) is 52.6 Å². The highest BCUT2D eigenvalue weighted by atomic mass is 19.4. The number of carboxylic acids is 1. The Labute approximate surface area is 144 Å². The largest absolute Gasteiger partial charge is 0.476 e. The van der Waals surface area contributed by atoms with E-state index in [1.54, 1.807) is 17.6 Å². The van der Waals surface area contributed by atoms with Gasteiger partial charge < -0.3 is 9.67 Å². The zero-order chi connectivity index (χ0) is 19.0. The van der Waals surface area contributed by atoms with Gasteiger partial charge in [0, 0.05) is 12.0 Å². The number of benzene rings is 1. The van der Waals surface area contributed by atoms with Gasteiger partial charge in [0.15, 0.2) is 5.69 Å². The first-order valence-corrected chi connectivity index (χ1v) is 7.95. The molecular weight excluding hydrogens is 333 g/mol. The summed E-state index contributed by atoms with van der Waals surface area (Å²) in [5, 5.41) is 9.39. The van der Waals surface area contributed by atoms with Gasteiger partial charge in [0.1, 0.15) is 5.82 Å². The van der Waals surface area contributed by atoms with Crippen LogP contribution in [0.4, 0.5) is 13.2 Å². The second kappa shape index (κ2) is 6.54. The topological polar surface area (TPSA) is 55.1 Å². The third-order valence-corrected chi connectivity index (χ3v) is 3.93. The molecule has 0 aliphatic carbocycles. The van der Waals surface area contributed by atoms with Crippen LogP contribution < -0.4 is 0 Å². The number of aromatic nitrogens is 2. The molecule has 0 aliphatic heterocycles. The Bertz CT molecular complexity index is 787. The number of rotatable bonds is 4. The molecule has 4 nitrogen and oxygen atoms in total. The Morgan fingerprint density at radius 1 is 1.20 bits per heavy atom. The zero-order valence-corrected chi connectivity index (χ0v) is 14.6. The fourth-order valence-corrected chi connectivity index (χ4v) is 2.86. The van der Waals surface area contributed by atoms with Crippen LogP contribution in [0, 0.1) is 0 Å². The van der Waals surface area contributed by atoms with E-state index in [9.17, 15) is 23.1 Å². The summed E-state index contributed by atoms with van der Waals surface area (Å²) in [5.41, 5.74) is -0.816. The quantitative estimate of drug-likeness (QED) is 0.879. The van der Waals surface area contributed by atoms with Crippen LogP contribution in [0.5, 0.6) is 0 Å². The minimum atomic E-state index is -4.47. The van der Waals surface area contributed by atoms with E-state index in [1.807, 2.05) is 20.8 Å². The van der Waals surface area contributed by atoms with Gasteiger partial charge in [0.2, 0.25) is 0 Å². The second-order valence-electron chi connectivity index (χ2n) is 6.88. The number of nitrogens with zero attached hydrogens (tertiary/aromatic N) is 2. The van der Waals surface area contributed by atoms with Crippen LogP contribution in [0.2, 0.25) is 0 Å². The van der Waals surface area contributed by atoms with Crippen molar-refractivity contribution in [1.82, 2.24) is 9.55 Å². The smallest absolute Gasteiger partial charge is 0.416 e. The molecule has 0 atom stereocenters. The van der Waals surface area contributed by atoms with Crippen LogP contribution in [0.3, 0.4) is 0 Å². The van der Waals surface area contributed by atoms with Crippen molar-refractivity contribution in [3.8, 4) is 0 Å². The Hall–Kier alpha value is -2.31. The molecule has 0 aliphatic rings. The lowest BCUT2D eigenvalue weighted by molar-refractivity contribution is -0.138. The Kier molecular flexibility index (Phi) is 4.97. The molecule has 0 unspecified atom stereocenters. The number of alkyl halides is 3. The van der Waals surface area contributed by atoms with Crippen molar-refractivity contribution in [2.45, 2.75) is 52.3 Å². The van der Waals surface area contributed by atoms with Gasteiger partial charge in [-0.1, -0.05) is 45.9 Å². The van der Waals surface area contributed by atoms with Crippen LogP contribution in [0.25, 0.3) is 0 Å². The van der Waals surface area contributed by atoms with Gasteiger partial charge in [-0.25, -0.2) is 9.78 Å². The van der Waals surface area contributed by atoms with Gasteiger partial charge in [-0.2, -0.15) is 13.2 Å². The van der Waals surface area contributed by atoms with Gasteiger partial charge in [-0.15, -0.1) is 0 Å².